The van der Waals surface area contributed by atoms with Crippen molar-refractivity contribution in [1.82, 2.24) is 14.9 Å². The predicted octanol–water partition coefficient (Wildman–Crippen LogP) is 1.31. The zero-order valence-corrected chi connectivity index (χ0v) is 12.4. The lowest BCUT2D eigenvalue weighted by atomic mass is 10.2. The molecule has 22 heavy (non-hydrogen) atoms. The number of carbonyl (C=O) groups is 1. The van der Waals surface area contributed by atoms with Crippen LogP contribution in [0.4, 0.5) is 4.39 Å². The van der Waals surface area contributed by atoms with Crippen molar-refractivity contribution in [2.75, 3.05) is 13.2 Å². The second-order valence-electron chi connectivity index (χ2n) is 4.63. The maximum Gasteiger partial charge on any atom is 0.255 e. The van der Waals surface area contributed by atoms with Crippen LogP contribution in [-0.4, -0.2) is 28.6 Å². The maximum atomic E-state index is 13.4. The number of benzene rings is 1. The molecule has 3 N–H and O–H groups in total. The van der Waals surface area contributed by atoms with E-state index in [1.165, 1.54) is 12.1 Å². The minimum Gasteiger partial charge on any atom is -0.491 e. The van der Waals surface area contributed by atoms with Crippen LogP contribution in [0.2, 0.25) is 0 Å². The predicted molar refractivity (Wildman–Crippen MR) is 80.0 cm³/mol. The molecule has 0 aliphatic heterocycles. The summed E-state index contributed by atoms with van der Waals surface area (Å²) in [4.78, 5) is 16.3. The van der Waals surface area contributed by atoms with Gasteiger partial charge in [-0.05, 0) is 25.1 Å². The lowest BCUT2D eigenvalue weighted by Crippen LogP contribution is -2.25. The van der Waals surface area contributed by atoms with E-state index in [0.29, 0.717) is 18.8 Å². The Hall–Kier alpha value is -2.41. The Morgan fingerprint density at radius 1 is 1.50 bits per heavy atom. The first-order chi connectivity index (χ1) is 10.7. The largest absolute Gasteiger partial charge is 0.491 e. The number of nitrogens with two attached hydrogens (primary N) is 1. The molecular weight excluding hydrogens is 287 g/mol. The monoisotopic (exact) mass is 306 g/mol. The normalized spacial score (nSPS) is 10.5. The lowest BCUT2D eigenvalue weighted by molar-refractivity contribution is 0.0945. The minimum atomic E-state index is -0.496. The number of aryl methyl sites for hydroxylation is 1. The van der Waals surface area contributed by atoms with Gasteiger partial charge in [0.05, 0.1) is 24.1 Å². The van der Waals surface area contributed by atoms with Crippen LogP contribution < -0.4 is 15.8 Å². The van der Waals surface area contributed by atoms with Gasteiger partial charge in [0.25, 0.3) is 5.91 Å². The Morgan fingerprint density at radius 2 is 2.32 bits per heavy atom. The van der Waals surface area contributed by atoms with E-state index in [1.54, 1.807) is 12.5 Å². The zero-order chi connectivity index (χ0) is 15.9. The molecule has 0 aliphatic carbocycles. The fourth-order valence-corrected chi connectivity index (χ4v) is 2.02. The van der Waals surface area contributed by atoms with Gasteiger partial charge in [0.2, 0.25) is 0 Å². The number of nitrogens with zero attached hydrogens (tertiary/aromatic N) is 2. The van der Waals surface area contributed by atoms with Crippen molar-refractivity contribution in [1.29, 1.82) is 0 Å². The van der Waals surface area contributed by atoms with E-state index in [2.05, 4.69) is 10.3 Å². The van der Waals surface area contributed by atoms with Gasteiger partial charge in [-0.1, -0.05) is 0 Å². The average molecular weight is 306 g/mol. The van der Waals surface area contributed by atoms with E-state index >= 15 is 0 Å². The topological polar surface area (TPSA) is 82.2 Å². The van der Waals surface area contributed by atoms with E-state index in [0.717, 1.165) is 18.3 Å². The molecule has 0 unspecified atom stereocenters. The number of halogens is 1. The molecule has 1 aromatic carbocycles. The molecule has 1 heterocycles. The average Bonchev–Trinajstić information content (AvgIpc) is 2.98. The molecule has 7 heteroatoms. The maximum absolute atomic E-state index is 13.4. The van der Waals surface area contributed by atoms with Crippen LogP contribution in [0.15, 0.2) is 30.7 Å². The first-order valence-corrected chi connectivity index (χ1v) is 7.05. The number of aromatic nitrogens is 2. The third-order valence-corrected chi connectivity index (χ3v) is 3.13. The molecule has 0 fully saturated rings. The summed E-state index contributed by atoms with van der Waals surface area (Å²) in [5.41, 5.74) is 6.40. The molecule has 0 bridgehead atoms. The second-order valence-corrected chi connectivity index (χ2v) is 4.63. The molecule has 118 valence electrons. The van der Waals surface area contributed by atoms with Crippen LogP contribution in [0.3, 0.4) is 0 Å². The molecule has 0 aliphatic rings. The number of imidazole rings is 1. The number of ether oxygens (including phenoxy) is 1. The third kappa shape index (κ3) is 3.82. The van der Waals surface area contributed by atoms with E-state index in [1.807, 2.05) is 11.5 Å². The SMILES string of the molecule is CCn1cncc1CNC(=O)c1cc(F)ccc1OCCN. The highest BCUT2D eigenvalue weighted by atomic mass is 19.1. The molecule has 6 nitrogen and oxygen atoms in total. The van der Waals surface area contributed by atoms with E-state index in [-0.39, 0.29) is 12.2 Å². The van der Waals surface area contributed by atoms with E-state index in [9.17, 15) is 9.18 Å². The summed E-state index contributed by atoms with van der Waals surface area (Å²) in [7, 11) is 0. The fourth-order valence-electron chi connectivity index (χ4n) is 2.02. The first kappa shape index (κ1) is 16.0. The van der Waals surface area contributed by atoms with Crippen LogP contribution in [0.1, 0.15) is 23.0 Å². The van der Waals surface area contributed by atoms with Gasteiger partial charge in [-0.2, -0.15) is 0 Å². The van der Waals surface area contributed by atoms with Crippen LogP contribution in [0.25, 0.3) is 0 Å². The number of carbonyl (C=O) groups excluding carboxylic acids is 1. The van der Waals surface area contributed by atoms with Crippen molar-refractivity contribution in [3.05, 3.63) is 47.8 Å². The van der Waals surface area contributed by atoms with Crippen molar-refractivity contribution in [3.8, 4) is 5.75 Å². The Balaban J connectivity index is 2.09. The van der Waals surface area contributed by atoms with Gasteiger partial charge in [0.15, 0.2) is 0 Å². The van der Waals surface area contributed by atoms with Crippen LogP contribution in [0.5, 0.6) is 5.75 Å². The molecule has 0 radical (unpaired) electrons. The van der Waals surface area contributed by atoms with Gasteiger partial charge < -0.3 is 20.4 Å². The number of nitrogens with one attached hydrogen (secondary N) is 1. The summed E-state index contributed by atoms with van der Waals surface area (Å²) in [5.74, 6) is -0.590. The van der Waals surface area contributed by atoms with E-state index in [4.69, 9.17) is 10.5 Å². The molecule has 0 saturated carbocycles. The first-order valence-electron chi connectivity index (χ1n) is 7.05. The van der Waals surface area contributed by atoms with E-state index < -0.39 is 11.7 Å². The van der Waals surface area contributed by atoms with Crippen molar-refractivity contribution in [2.24, 2.45) is 5.73 Å². The minimum absolute atomic E-state index is 0.149. The molecule has 1 aromatic heterocycles. The van der Waals surface area contributed by atoms with Gasteiger partial charge in [-0.25, -0.2) is 9.37 Å². The number of rotatable bonds is 7. The number of amides is 1. The molecule has 2 rings (SSSR count). The highest BCUT2D eigenvalue weighted by Gasteiger charge is 2.14. The van der Waals surface area contributed by atoms with Gasteiger partial charge in [0.1, 0.15) is 18.2 Å². The molecule has 0 saturated heterocycles. The number of hydrogen-bond acceptors (Lipinski definition) is 4. The zero-order valence-electron chi connectivity index (χ0n) is 12.4. The molecule has 1 amide bonds. The van der Waals surface area contributed by atoms with Gasteiger partial charge in [-0.15, -0.1) is 0 Å². The van der Waals surface area contributed by atoms with Crippen molar-refractivity contribution < 1.29 is 13.9 Å². The number of hydrogen-bond donors (Lipinski definition) is 2. The Labute approximate surface area is 128 Å². The molecule has 0 atom stereocenters. The summed E-state index contributed by atoms with van der Waals surface area (Å²) in [6.07, 6.45) is 3.38. The Kier molecular flexibility index (Phi) is 5.48. The van der Waals surface area contributed by atoms with Crippen molar-refractivity contribution in [2.45, 2.75) is 20.0 Å². The van der Waals surface area contributed by atoms with Gasteiger partial charge in [-0.3, -0.25) is 4.79 Å². The van der Waals surface area contributed by atoms with Crippen molar-refractivity contribution >= 4 is 5.91 Å². The second kappa shape index (κ2) is 7.56. The van der Waals surface area contributed by atoms with Crippen LogP contribution >= 0.6 is 0 Å². The lowest BCUT2D eigenvalue weighted by Gasteiger charge is -2.12. The summed E-state index contributed by atoms with van der Waals surface area (Å²) in [5, 5.41) is 2.74. The van der Waals surface area contributed by atoms with Gasteiger partial charge >= 0.3 is 0 Å². The molecule has 2 aromatic rings. The third-order valence-electron chi connectivity index (χ3n) is 3.13. The summed E-state index contributed by atoms with van der Waals surface area (Å²) in [6.45, 7) is 3.62. The summed E-state index contributed by atoms with van der Waals surface area (Å²) >= 11 is 0. The van der Waals surface area contributed by atoms with Crippen LogP contribution in [0, 0.1) is 5.82 Å². The highest BCUT2D eigenvalue weighted by Crippen LogP contribution is 2.19. The summed E-state index contributed by atoms with van der Waals surface area (Å²) < 4.78 is 20.7. The smallest absolute Gasteiger partial charge is 0.255 e. The standard InChI is InChI=1S/C15H19FN4O2/c1-2-20-10-18-8-12(20)9-19-15(21)13-7-11(16)3-4-14(13)22-6-5-17/h3-4,7-8,10H,2,5-6,9,17H2,1H3,(H,19,21). The summed E-state index contributed by atoms with van der Waals surface area (Å²) in [6, 6.07) is 3.82. The Bertz CT molecular complexity index is 642. The van der Waals surface area contributed by atoms with Crippen molar-refractivity contribution in [3.63, 3.8) is 0 Å². The van der Waals surface area contributed by atoms with Gasteiger partial charge in [0, 0.05) is 19.3 Å². The quantitative estimate of drug-likeness (QED) is 0.808. The fraction of sp³-hybridized carbons (Fsp3) is 0.333. The molecular formula is C15H19FN4O2. The highest BCUT2D eigenvalue weighted by molar-refractivity contribution is 5.96. The Morgan fingerprint density at radius 3 is 3.05 bits per heavy atom. The van der Waals surface area contributed by atoms with Crippen LogP contribution in [-0.2, 0) is 13.1 Å². The molecule has 0 spiro atoms.